The van der Waals surface area contributed by atoms with Crippen LogP contribution in [-0.2, 0) is 6.42 Å². The van der Waals surface area contributed by atoms with Crippen molar-refractivity contribution in [2.45, 2.75) is 27.2 Å². The van der Waals surface area contributed by atoms with E-state index < -0.39 is 0 Å². The van der Waals surface area contributed by atoms with Crippen LogP contribution < -0.4 is 10.6 Å². The highest BCUT2D eigenvalue weighted by Crippen LogP contribution is 2.21. The van der Waals surface area contributed by atoms with Crippen LogP contribution in [0, 0.1) is 20.8 Å². The predicted octanol–water partition coefficient (Wildman–Crippen LogP) is 4.77. The molecule has 28 heavy (non-hydrogen) atoms. The zero-order valence-corrected chi connectivity index (χ0v) is 17.0. The zero-order valence-electron chi connectivity index (χ0n) is 16.2. The first-order valence-electron chi connectivity index (χ1n) is 9.14. The first kappa shape index (κ1) is 19.8. The molecular weight excluding hydrogens is 372 g/mol. The summed E-state index contributed by atoms with van der Waals surface area (Å²) in [6, 6.07) is 15.3. The minimum Gasteiger partial charge on any atom is -0.350 e. The Balaban J connectivity index is 1.68. The summed E-state index contributed by atoms with van der Waals surface area (Å²) in [5.74, 6) is 0.185. The number of nitrogens with zero attached hydrogens (tertiary/aromatic N) is 2. The monoisotopic (exact) mass is 394 g/mol. The smallest absolute Gasteiger partial charge is 0.270 e. The first-order chi connectivity index (χ1) is 13.4. The van der Waals surface area contributed by atoms with Crippen LogP contribution >= 0.6 is 11.6 Å². The van der Waals surface area contributed by atoms with Gasteiger partial charge in [0.1, 0.15) is 5.69 Å². The van der Waals surface area contributed by atoms with Crippen molar-refractivity contribution >= 4 is 29.1 Å². The Labute approximate surface area is 170 Å². The fraction of sp³-hybridized carbons (Fsp3) is 0.227. The highest BCUT2D eigenvalue weighted by molar-refractivity contribution is 6.30. The average molecular weight is 395 g/mol. The van der Waals surface area contributed by atoms with Crippen LogP contribution in [0.25, 0.3) is 0 Å². The molecule has 1 aromatic heterocycles. The summed E-state index contributed by atoms with van der Waals surface area (Å²) < 4.78 is 0. The summed E-state index contributed by atoms with van der Waals surface area (Å²) in [6.07, 6.45) is 0.698. The molecule has 1 heterocycles. The van der Waals surface area contributed by atoms with E-state index in [9.17, 15) is 4.79 Å². The van der Waals surface area contributed by atoms with Crippen molar-refractivity contribution in [2.24, 2.45) is 0 Å². The number of anilines is 2. The molecule has 0 bridgehead atoms. The molecule has 0 unspecified atom stereocenters. The molecule has 2 N–H and O–H groups in total. The van der Waals surface area contributed by atoms with Gasteiger partial charge in [-0.1, -0.05) is 35.9 Å². The van der Waals surface area contributed by atoms with Crippen molar-refractivity contribution in [1.82, 2.24) is 15.3 Å². The number of carbonyl (C=O) groups is 1. The van der Waals surface area contributed by atoms with Crippen LogP contribution in [0.2, 0.25) is 5.02 Å². The molecule has 0 spiro atoms. The first-order valence-corrected chi connectivity index (χ1v) is 9.52. The Hall–Kier alpha value is -2.92. The van der Waals surface area contributed by atoms with Crippen molar-refractivity contribution in [3.63, 3.8) is 0 Å². The number of halogens is 1. The van der Waals surface area contributed by atoms with E-state index in [0.29, 0.717) is 29.6 Å². The number of amides is 1. The molecule has 1 amide bonds. The van der Waals surface area contributed by atoms with E-state index in [1.807, 2.05) is 50.2 Å². The number of aryl methyl sites for hydroxylation is 2. The van der Waals surface area contributed by atoms with Gasteiger partial charge in [0.15, 0.2) is 0 Å². The van der Waals surface area contributed by atoms with Crippen molar-refractivity contribution in [3.8, 4) is 0 Å². The van der Waals surface area contributed by atoms with E-state index in [4.69, 9.17) is 11.6 Å². The van der Waals surface area contributed by atoms with Crippen LogP contribution in [0.4, 0.5) is 11.6 Å². The highest BCUT2D eigenvalue weighted by Gasteiger charge is 2.11. The molecule has 0 atom stereocenters. The fourth-order valence-electron chi connectivity index (χ4n) is 2.85. The lowest BCUT2D eigenvalue weighted by molar-refractivity contribution is 0.0949. The van der Waals surface area contributed by atoms with Gasteiger partial charge in [0.25, 0.3) is 5.91 Å². The van der Waals surface area contributed by atoms with Crippen LogP contribution in [0.15, 0.2) is 48.5 Å². The normalized spacial score (nSPS) is 10.6. The van der Waals surface area contributed by atoms with Crippen molar-refractivity contribution in [1.29, 1.82) is 0 Å². The van der Waals surface area contributed by atoms with Crippen LogP contribution in [0.3, 0.4) is 0 Å². The number of rotatable bonds is 6. The molecule has 3 aromatic rings. The van der Waals surface area contributed by atoms with Gasteiger partial charge in [0, 0.05) is 22.9 Å². The molecule has 0 fully saturated rings. The third-order valence-electron chi connectivity index (χ3n) is 4.53. The Bertz CT molecular complexity index is 1000. The average Bonchev–Trinajstić information content (AvgIpc) is 2.65. The van der Waals surface area contributed by atoms with Gasteiger partial charge in [-0.05, 0) is 68.1 Å². The molecule has 5 nitrogen and oxygen atoms in total. The van der Waals surface area contributed by atoms with Gasteiger partial charge < -0.3 is 10.6 Å². The van der Waals surface area contributed by atoms with E-state index in [1.54, 1.807) is 6.07 Å². The number of benzene rings is 2. The molecule has 0 aliphatic carbocycles. The van der Waals surface area contributed by atoms with Gasteiger partial charge >= 0.3 is 0 Å². The number of aromatic nitrogens is 2. The second-order valence-electron chi connectivity index (χ2n) is 6.73. The van der Waals surface area contributed by atoms with Gasteiger partial charge in [-0.3, -0.25) is 4.79 Å². The number of carbonyl (C=O) groups excluding carboxylic acids is 1. The van der Waals surface area contributed by atoms with Crippen LogP contribution in [0.1, 0.15) is 32.9 Å². The third-order valence-corrected chi connectivity index (χ3v) is 4.76. The maximum absolute atomic E-state index is 12.5. The third kappa shape index (κ3) is 5.08. The SMILES string of the molecule is Cc1cc(C(=O)NCCc2cccc(Cl)c2)nc(Nc2cccc(C)c2C)n1. The molecule has 0 saturated carbocycles. The second-order valence-corrected chi connectivity index (χ2v) is 7.16. The standard InChI is InChI=1S/C22H23ClN4O/c1-14-6-4-9-19(16(14)3)26-22-25-15(2)12-20(27-22)21(28)24-11-10-17-7-5-8-18(23)13-17/h4-9,12-13H,10-11H2,1-3H3,(H,24,28)(H,25,26,27). The van der Waals surface area contributed by atoms with Crippen molar-refractivity contribution in [3.05, 3.63) is 81.6 Å². The lowest BCUT2D eigenvalue weighted by Crippen LogP contribution is -2.27. The highest BCUT2D eigenvalue weighted by atomic mass is 35.5. The summed E-state index contributed by atoms with van der Waals surface area (Å²) in [5.41, 5.74) is 5.37. The molecule has 0 radical (unpaired) electrons. The summed E-state index contributed by atoms with van der Waals surface area (Å²) >= 11 is 5.99. The minimum absolute atomic E-state index is 0.225. The molecular formula is C22H23ClN4O. The lowest BCUT2D eigenvalue weighted by atomic mass is 10.1. The summed E-state index contributed by atoms with van der Waals surface area (Å²) in [7, 11) is 0. The molecule has 144 valence electrons. The van der Waals surface area contributed by atoms with E-state index in [0.717, 1.165) is 22.5 Å². The van der Waals surface area contributed by atoms with E-state index in [1.165, 1.54) is 5.56 Å². The van der Waals surface area contributed by atoms with Crippen LogP contribution in [0.5, 0.6) is 0 Å². The van der Waals surface area contributed by atoms with Gasteiger partial charge in [0.05, 0.1) is 0 Å². The lowest BCUT2D eigenvalue weighted by Gasteiger charge is -2.12. The molecule has 6 heteroatoms. The Morgan fingerprint density at radius 2 is 1.82 bits per heavy atom. The van der Waals surface area contributed by atoms with Crippen LogP contribution in [-0.4, -0.2) is 22.4 Å². The molecule has 2 aromatic carbocycles. The Kier molecular flexibility index (Phi) is 6.26. The van der Waals surface area contributed by atoms with Crippen molar-refractivity contribution < 1.29 is 4.79 Å². The minimum atomic E-state index is -0.225. The number of nitrogens with one attached hydrogen (secondary N) is 2. The number of hydrogen-bond donors (Lipinski definition) is 2. The molecule has 3 rings (SSSR count). The predicted molar refractivity (Wildman–Crippen MR) is 113 cm³/mol. The topological polar surface area (TPSA) is 66.9 Å². The second kappa shape index (κ2) is 8.85. The largest absolute Gasteiger partial charge is 0.350 e. The quantitative estimate of drug-likeness (QED) is 0.631. The van der Waals surface area contributed by atoms with E-state index >= 15 is 0 Å². The van der Waals surface area contributed by atoms with Gasteiger partial charge in [-0.2, -0.15) is 0 Å². The molecule has 0 saturated heterocycles. The fourth-order valence-corrected chi connectivity index (χ4v) is 3.06. The molecule has 0 aliphatic rings. The summed E-state index contributed by atoms with van der Waals surface area (Å²) in [5, 5.41) is 6.82. The van der Waals surface area contributed by atoms with Gasteiger partial charge in [-0.15, -0.1) is 0 Å². The Morgan fingerprint density at radius 1 is 1.04 bits per heavy atom. The summed E-state index contributed by atoms with van der Waals surface area (Å²) in [4.78, 5) is 21.3. The maximum atomic E-state index is 12.5. The van der Waals surface area contributed by atoms with E-state index in [-0.39, 0.29) is 5.91 Å². The summed E-state index contributed by atoms with van der Waals surface area (Å²) in [6.45, 7) is 6.44. The Morgan fingerprint density at radius 3 is 2.61 bits per heavy atom. The van der Waals surface area contributed by atoms with Gasteiger partial charge in [-0.25, -0.2) is 9.97 Å². The number of hydrogen-bond acceptors (Lipinski definition) is 4. The maximum Gasteiger partial charge on any atom is 0.270 e. The molecule has 0 aliphatic heterocycles. The van der Waals surface area contributed by atoms with E-state index in [2.05, 4.69) is 33.6 Å². The van der Waals surface area contributed by atoms with Gasteiger partial charge in [0.2, 0.25) is 5.95 Å². The van der Waals surface area contributed by atoms with Crippen molar-refractivity contribution in [2.75, 3.05) is 11.9 Å². The zero-order chi connectivity index (χ0) is 20.1.